The van der Waals surface area contributed by atoms with Crippen LogP contribution in [0.15, 0.2) is 35.4 Å². The zero-order chi connectivity index (χ0) is 20.9. The van der Waals surface area contributed by atoms with Gasteiger partial charge in [0.1, 0.15) is 5.75 Å². The van der Waals surface area contributed by atoms with Crippen LogP contribution in [0.3, 0.4) is 0 Å². The molecule has 0 saturated heterocycles. The van der Waals surface area contributed by atoms with Crippen molar-refractivity contribution in [2.75, 3.05) is 7.11 Å². The maximum absolute atomic E-state index is 12.9. The van der Waals surface area contributed by atoms with Crippen LogP contribution in [-0.4, -0.2) is 29.4 Å². The number of carbonyl (C=O) groups excluding carboxylic acids is 1. The standard InChI is InChI=1S/C18H16ClF3N2O4/c1-28-16-6-11(5-12(8-25)13(16)9-26)17(27)24-23-7-10-2-3-15(19)14(4-10)18(20,21)22/h2-7,25-26H,8-9H2,1H3,(H,24,27)/b23-7+. The molecular weight excluding hydrogens is 401 g/mol. The van der Waals surface area contributed by atoms with Crippen molar-refractivity contribution in [1.29, 1.82) is 0 Å². The van der Waals surface area contributed by atoms with E-state index >= 15 is 0 Å². The van der Waals surface area contributed by atoms with Crippen molar-refractivity contribution in [3.05, 3.63) is 63.2 Å². The van der Waals surface area contributed by atoms with Gasteiger partial charge in [-0.1, -0.05) is 17.7 Å². The average Bonchev–Trinajstić information content (AvgIpc) is 2.66. The number of aliphatic hydroxyl groups excluding tert-OH is 2. The van der Waals surface area contributed by atoms with Gasteiger partial charge in [0, 0.05) is 11.1 Å². The number of hydrazone groups is 1. The van der Waals surface area contributed by atoms with E-state index in [0.29, 0.717) is 11.1 Å². The Morgan fingerprint density at radius 3 is 2.54 bits per heavy atom. The van der Waals surface area contributed by atoms with E-state index in [4.69, 9.17) is 16.3 Å². The van der Waals surface area contributed by atoms with E-state index < -0.39 is 35.9 Å². The second-order valence-corrected chi connectivity index (χ2v) is 5.98. The zero-order valence-corrected chi connectivity index (χ0v) is 15.3. The summed E-state index contributed by atoms with van der Waals surface area (Å²) >= 11 is 5.54. The number of nitrogens with zero attached hydrogens (tertiary/aromatic N) is 1. The smallest absolute Gasteiger partial charge is 0.417 e. The number of ether oxygens (including phenoxy) is 1. The first kappa shape index (κ1) is 21.7. The van der Waals surface area contributed by atoms with Gasteiger partial charge in [-0.05, 0) is 35.4 Å². The van der Waals surface area contributed by atoms with Crippen molar-refractivity contribution < 1.29 is 32.9 Å². The molecule has 0 bridgehead atoms. The molecule has 6 nitrogen and oxygen atoms in total. The lowest BCUT2D eigenvalue weighted by Gasteiger charge is -2.12. The fourth-order valence-electron chi connectivity index (χ4n) is 2.41. The summed E-state index contributed by atoms with van der Waals surface area (Å²) < 4.78 is 43.7. The van der Waals surface area contributed by atoms with Crippen LogP contribution in [0.5, 0.6) is 5.75 Å². The maximum atomic E-state index is 12.9. The van der Waals surface area contributed by atoms with Crippen molar-refractivity contribution in [1.82, 2.24) is 5.43 Å². The minimum Gasteiger partial charge on any atom is -0.496 e. The number of halogens is 4. The van der Waals surface area contributed by atoms with Gasteiger partial charge in [-0.25, -0.2) is 5.43 Å². The van der Waals surface area contributed by atoms with E-state index in [1.807, 2.05) is 0 Å². The molecule has 0 aliphatic heterocycles. The van der Waals surface area contributed by atoms with Crippen LogP contribution in [0.4, 0.5) is 13.2 Å². The van der Waals surface area contributed by atoms with Gasteiger partial charge in [-0.15, -0.1) is 0 Å². The summed E-state index contributed by atoms with van der Waals surface area (Å²) in [5.41, 5.74) is 1.97. The van der Waals surface area contributed by atoms with E-state index in [1.165, 1.54) is 25.3 Å². The monoisotopic (exact) mass is 416 g/mol. The predicted octanol–water partition coefficient (Wildman–Crippen LogP) is 3.12. The fraction of sp³-hybridized carbons (Fsp3) is 0.222. The first-order valence-electron chi connectivity index (χ1n) is 7.83. The highest BCUT2D eigenvalue weighted by Crippen LogP contribution is 2.34. The molecule has 0 heterocycles. The molecule has 0 spiro atoms. The van der Waals surface area contributed by atoms with Crippen LogP contribution in [0.1, 0.15) is 32.6 Å². The molecule has 0 saturated carbocycles. The van der Waals surface area contributed by atoms with Crippen LogP contribution in [0, 0.1) is 0 Å². The zero-order valence-electron chi connectivity index (χ0n) is 14.5. The number of alkyl halides is 3. The van der Waals surface area contributed by atoms with Crippen LogP contribution in [0.2, 0.25) is 5.02 Å². The Hall–Kier alpha value is -2.62. The summed E-state index contributed by atoms with van der Waals surface area (Å²) in [5, 5.41) is 21.9. The highest BCUT2D eigenvalue weighted by atomic mass is 35.5. The Balaban J connectivity index is 2.21. The predicted molar refractivity (Wildman–Crippen MR) is 96.4 cm³/mol. The number of methoxy groups -OCH3 is 1. The average molecular weight is 417 g/mol. The van der Waals surface area contributed by atoms with Gasteiger partial charge >= 0.3 is 6.18 Å². The maximum Gasteiger partial charge on any atom is 0.417 e. The third kappa shape index (κ3) is 5.00. The molecule has 2 rings (SSSR count). The molecule has 0 aliphatic carbocycles. The summed E-state index contributed by atoms with van der Waals surface area (Å²) in [4.78, 5) is 12.2. The number of aliphatic hydroxyl groups is 2. The molecule has 28 heavy (non-hydrogen) atoms. The molecule has 0 fully saturated rings. The molecule has 150 valence electrons. The minimum atomic E-state index is -4.62. The molecule has 3 N–H and O–H groups in total. The van der Waals surface area contributed by atoms with Crippen molar-refractivity contribution >= 4 is 23.7 Å². The molecule has 2 aromatic carbocycles. The lowest BCUT2D eigenvalue weighted by Crippen LogP contribution is -2.18. The van der Waals surface area contributed by atoms with E-state index in [9.17, 15) is 28.2 Å². The lowest BCUT2D eigenvalue weighted by molar-refractivity contribution is -0.137. The largest absolute Gasteiger partial charge is 0.496 e. The number of rotatable bonds is 6. The van der Waals surface area contributed by atoms with Crippen LogP contribution >= 0.6 is 11.6 Å². The van der Waals surface area contributed by atoms with Crippen molar-refractivity contribution in [3.8, 4) is 5.75 Å². The second-order valence-electron chi connectivity index (χ2n) is 5.57. The molecule has 0 aromatic heterocycles. The SMILES string of the molecule is COc1cc(C(=O)N/N=C/c2ccc(Cl)c(C(F)(F)F)c2)cc(CO)c1CO. The summed E-state index contributed by atoms with van der Waals surface area (Å²) in [7, 11) is 1.34. The Labute approximate surface area is 163 Å². The quantitative estimate of drug-likeness (QED) is 0.498. The number of benzene rings is 2. The van der Waals surface area contributed by atoms with E-state index in [0.717, 1.165) is 18.3 Å². The Morgan fingerprint density at radius 2 is 1.96 bits per heavy atom. The number of hydrogen-bond donors (Lipinski definition) is 3. The van der Waals surface area contributed by atoms with E-state index in [2.05, 4.69) is 10.5 Å². The topological polar surface area (TPSA) is 91.2 Å². The van der Waals surface area contributed by atoms with Gasteiger partial charge in [0.15, 0.2) is 0 Å². The van der Waals surface area contributed by atoms with Crippen molar-refractivity contribution in [2.45, 2.75) is 19.4 Å². The fourth-order valence-corrected chi connectivity index (χ4v) is 2.63. The minimum absolute atomic E-state index is 0.0845. The number of hydrogen-bond acceptors (Lipinski definition) is 5. The number of amides is 1. The normalized spacial score (nSPS) is 11.7. The van der Waals surface area contributed by atoms with Gasteiger partial charge in [-0.3, -0.25) is 4.79 Å². The van der Waals surface area contributed by atoms with Gasteiger partial charge in [0.25, 0.3) is 5.91 Å². The summed E-state index contributed by atoms with van der Waals surface area (Å²) in [5.74, 6) is -0.477. The lowest BCUT2D eigenvalue weighted by atomic mass is 10.0. The highest BCUT2D eigenvalue weighted by molar-refractivity contribution is 6.31. The molecule has 2 aromatic rings. The molecule has 10 heteroatoms. The van der Waals surface area contributed by atoms with Crippen molar-refractivity contribution in [2.24, 2.45) is 5.10 Å². The molecule has 0 aliphatic rings. The first-order chi connectivity index (χ1) is 13.2. The third-order valence-corrected chi connectivity index (χ3v) is 4.12. The number of carbonyl (C=O) groups is 1. The Kier molecular flexibility index (Phi) is 7.00. The van der Waals surface area contributed by atoms with E-state index in [1.54, 1.807) is 0 Å². The van der Waals surface area contributed by atoms with Gasteiger partial charge in [0.05, 0.1) is 37.1 Å². The molecule has 0 atom stereocenters. The molecule has 0 radical (unpaired) electrons. The first-order valence-corrected chi connectivity index (χ1v) is 8.20. The van der Waals surface area contributed by atoms with E-state index in [-0.39, 0.29) is 16.9 Å². The second kappa shape index (κ2) is 9.05. The van der Waals surface area contributed by atoms with Crippen LogP contribution in [-0.2, 0) is 19.4 Å². The van der Waals surface area contributed by atoms with Gasteiger partial charge < -0.3 is 14.9 Å². The van der Waals surface area contributed by atoms with Crippen LogP contribution in [0.25, 0.3) is 0 Å². The summed E-state index contributed by atoms with van der Waals surface area (Å²) in [6, 6.07) is 5.90. The highest BCUT2D eigenvalue weighted by Gasteiger charge is 2.33. The molecular formula is C18H16ClF3N2O4. The van der Waals surface area contributed by atoms with Crippen molar-refractivity contribution in [3.63, 3.8) is 0 Å². The Bertz CT molecular complexity index is 876. The van der Waals surface area contributed by atoms with Gasteiger partial charge in [-0.2, -0.15) is 18.3 Å². The molecule has 0 unspecified atom stereocenters. The summed E-state index contributed by atoms with van der Waals surface area (Å²) in [6.45, 7) is -0.821. The van der Waals surface area contributed by atoms with Crippen LogP contribution < -0.4 is 10.2 Å². The molecule has 1 amide bonds. The Morgan fingerprint density at radius 1 is 1.25 bits per heavy atom. The third-order valence-electron chi connectivity index (χ3n) is 3.79. The summed E-state index contributed by atoms with van der Waals surface area (Å²) in [6.07, 6.45) is -3.58. The number of nitrogens with one attached hydrogen (secondary N) is 1. The van der Waals surface area contributed by atoms with Gasteiger partial charge in [0.2, 0.25) is 0 Å².